The molecule has 0 saturated heterocycles. The molecule has 26 heavy (non-hydrogen) atoms. The zero-order valence-corrected chi connectivity index (χ0v) is 15.0. The Morgan fingerprint density at radius 1 is 0.731 bits per heavy atom. The lowest BCUT2D eigenvalue weighted by Gasteiger charge is -2.15. The van der Waals surface area contributed by atoms with Gasteiger partial charge in [0.1, 0.15) is 11.3 Å². The van der Waals surface area contributed by atoms with Crippen LogP contribution in [0.2, 0.25) is 0 Å². The van der Waals surface area contributed by atoms with E-state index >= 15 is 0 Å². The van der Waals surface area contributed by atoms with E-state index in [9.17, 15) is 9.59 Å². The third-order valence-electron chi connectivity index (χ3n) is 3.67. The van der Waals surface area contributed by atoms with Crippen molar-refractivity contribution in [2.24, 2.45) is 0 Å². The standard InChI is InChI=1S/C19H20O7/c1-22-15-8-6-5-7-12(15)14(20)11-26-19(21)13-9-10-16(23-2)18(25-4)17(13)24-3/h5-10H,11H2,1-4H3. The molecule has 0 heterocycles. The van der Waals surface area contributed by atoms with Crippen molar-refractivity contribution in [1.82, 2.24) is 0 Å². The summed E-state index contributed by atoms with van der Waals surface area (Å²) in [5.74, 6) is 0.159. The van der Waals surface area contributed by atoms with Gasteiger partial charge in [-0.2, -0.15) is 0 Å². The van der Waals surface area contributed by atoms with E-state index in [4.69, 9.17) is 23.7 Å². The maximum absolute atomic E-state index is 12.4. The number of ether oxygens (including phenoxy) is 5. The molecule has 7 nitrogen and oxygen atoms in total. The Balaban J connectivity index is 2.19. The lowest BCUT2D eigenvalue weighted by Crippen LogP contribution is -2.16. The molecule has 0 N–H and O–H groups in total. The average molecular weight is 360 g/mol. The fourth-order valence-electron chi connectivity index (χ4n) is 2.42. The molecule has 0 saturated carbocycles. The van der Waals surface area contributed by atoms with Gasteiger partial charge in [-0.25, -0.2) is 4.79 Å². The molecule has 0 atom stereocenters. The van der Waals surface area contributed by atoms with E-state index in [0.29, 0.717) is 17.1 Å². The smallest absolute Gasteiger partial charge is 0.342 e. The molecular formula is C19H20O7. The number of Topliss-reactive ketones (excluding diaryl/α,β-unsaturated/α-hetero) is 1. The zero-order valence-electron chi connectivity index (χ0n) is 15.0. The van der Waals surface area contributed by atoms with Crippen molar-refractivity contribution in [2.45, 2.75) is 0 Å². The Hall–Kier alpha value is -3.22. The van der Waals surface area contributed by atoms with Gasteiger partial charge in [0.05, 0.1) is 34.0 Å². The number of hydrogen-bond acceptors (Lipinski definition) is 7. The number of benzene rings is 2. The summed E-state index contributed by atoms with van der Waals surface area (Å²) in [6.07, 6.45) is 0. The van der Waals surface area contributed by atoms with Crippen molar-refractivity contribution >= 4 is 11.8 Å². The lowest BCUT2D eigenvalue weighted by molar-refractivity contribution is 0.0470. The Labute approximate surface area is 151 Å². The summed E-state index contributed by atoms with van der Waals surface area (Å²) >= 11 is 0. The van der Waals surface area contributed by atoms with Gasteiger partial charge in [0.2, 0.25) is 11.5 Å². The molecule has 2 rings (SSSR count). The normalized spacial score (nSPS) is 10.0. The molecule has 0 aliphatic heterocycles. The van der Waals surface area contributed by atoms with Crippen LogP contribution >= 0.6 is 0 Å². The predicted octanol–water partition coefficient (Wildman–Crippen LogP) is 2.76. The highest BCUT2D eigenvalue weighted by atomic mass is 16.5. The minimum atomic E-state index is -0.717. The van der Waals surface area contributed by atoms with E-state index in [-0.39, 0.29) is 22.8 Å². The van der Waals surface area contributed by atoms with Crippen LogP contribution in [0.1, 0.15) is 20.7 Å². The van der Waals surface area contributed by atoms with Crippen LogP contribution in [-0.2, 0) is 4.74 Å². The first-order valence-corrected chi connectivity index (χ1v) is 7.69. The molecule has 2 aromatic rings. The minimum absolute atomic E-state index is 0.123. The fraction of sp³-hybridized carbons (Fsp3) is 0.263. The number of esters is 1. The topological polar surface area (TPSA) is 80.3 Å². The van der Waals surface area contributed by atoms with E-state index in [1.807, 2.05) is 0 Å². The molecular weight excluding hydrogens is 340 g/mol. The van der Waals surface area contributed by atoms with Crippen molar-refractivity contribution in [3.8, 4) is 23.0 Å². The largest absolute Gasteiger partial charge is 0.496 e. The van der Waals surface area contributed by atoms with Crippen LogP contribution in [0.3, 0.4) is 0 Å². The summed E-state index contributed by atoms with van der Waals surface area (Å²) in [6, 6.07) is 9.75. The summed E-state index contributed by atoms with van der Waals surface area (Å²) in [6.45, 7) is -0.434. The van der Waals surface area contributed by atoms with Gasteiger partial charge in [-0.15, -0.1) is 0 Å². The number of para-hydroxylation sites is 1. The van der Waals surface area contributed by atoms with Crippen LogP contribution in [0.25, 0.3) is 0 Å². The van der Waals surface area contributed by atoms with Gasteiger partial charge in [0, 0.05) is 0 Å². The molecule has 7 heteroatoms. The number of hydrogen-bond donors (Lipinski definition) is 0. The van der Waals surface area contributed by atoms with Gasteiger partial charge in [0.15, 0.2) is 18.1 Å². The van der Waals surface area contributed by atoms with E-state index in [1.165, 1.54) is 34.5 Å². The van der Waals surface area contributed by atoms with E-state index in [1.54, 1.807) is 30.3 Å². The molecule has 0 amide bonds. The van der Waals surface area contributed by atoms with Gasteiger partial charge >= 0.3 is 5.97 Å². The minimum Gasteiger partial charge on any atom is -0.496 e. The Bertz CT molecular complexity index is 798. The van der Waals surface area contributed by atoms with Crippen molar-refractivity contribution in [2.75, 3.05) is 35.0 Å². The van der Waals surface area contributed by atoms with Crippen LogP contribution in [0, 0.1) is 0 Å². The number of carbonyl (C=O) groups is 2. The van der Waals surface area contributed by atoms with Crippen molar-refractivity contribution in [3.05, 3.63) is 47.5 Å². The second-order valence-electron chi connectivity index (χ2n) is 5.08. The highest BCUT2D eigenvalue weighted by Gasteiger charge is 2.23. The summed E-state index contributed by atoms with van der Waals surface area (Å²) in [4.78, 5) is 24.7. The number of methoxy groups -OCH3 is 4. The molecule has 0 spiro atoms. The van der Waals surface area contributed by atoms with Crippen LogP contribution < -0.4 is 18.9 Å². The maximum Gasteiger partial charge on any atom is 0.342 e. The number of ketones is 1. The van der Waals surface area contributed by atoms with Gasteiger partial charge < -0.3 is 23.7 Å². The van der Waals surface area contributed by atoms with Crippen molar-refractivity contribution in [1.29, 1.82) is 0 Å². The molecule has 0 aliphatic carbocycles. The van der Waals surface area contributed by atoms with Gasteiger partial charge in [-0.3, -0.25) is 4.79 Å². The van der Waals surface area contributed by atoms with Crippen LogP contribution in [0.4, 0.5) is 0 Å². The predicted molar refractivity (Wildman–Crippen MR) is 93.7 cm³/mol. The molecule has 2 aromatic carbocycles. The first-order valence-electron chi connectivity index (χ1n) is 7.69. The Morgan fingerprint density at radius 3 is 2.00 bits per heavy atom. The third-order valence-corrected chi connectivity index (χ3v) is 3.67. The molecule has 0 aromatic heterocycles. The third kappa shape index (κ3) is 3.88. The number of carbonyl (C=O) groups excluding carboxylic acids is 2. The van der Waals surface area contributed by atoms with E-state index < -0.39 is 12.6 Å². The van der Waals surface area contributed by atoms with Gasteiger partial charge in [-0.05, 0) is 24.3 Å². The Kier molecular flexibility index (Phi) is 6.43. The van der Waals surface area contributed by atoms with Gasteiger partial charge in [-0.1, -0.05) is 12.1 Å². The second kappa shape index (κ2) is 8.75. The maximum atomic E-state index is 12.4. The summed E-state index contributed by atoms with van der Waals surface area (Å²) in [5.41, 5.74) is 0.458. The van der Waals surface area contributed by atoms with E-state index in [2.05, 4.69) is 0 Å². The summed E-state index contributed by atoms with van der Waals surface area (Å²) in [7, 11) is 5.77. The first-order chi connectivity index (χ1) is 12.6. The second-order valence-corrected chi connectivity index (χ2v) is 5.08. The summed E-state index contributed by atoms with van der Waals surface area (Å²) < 4.78 is 25.9. The highest BCUT2D eigenvalue weighted by molar-refractivity contribution is 6.02. The molecule has 138 valence electrons. The average Bonchev–Trinajstić information content (AvgIpc) is 2.70. The van der Waals surface area contributed by atoms with Crippen LogP contribution in [0.5, 0.6) is 23.0 Å². The van der Waals surface area contributed by atoms with Crippen LogP contribution in [-0.4, -0.2) is 46.8 Å². The molecule has 0 unspecified atom stereocenters. The Morgan fingerprint density at radius 2 is 1.38 bits per heavy atom. The zero-order chi connectivity index (χ0) is 19.1. The lowest BCUT2D eigenvalue weighted by atomic mass is 10.1. The van der Waals surface area contributed by atoms with Crippen molar-refractivity contribution in [3.63, 3.8) is 0 Å². The van der Waals surface area contributed by atoms with E-state index in [0.717, 1.165) is 0 Å². The summed E-state index contributed by atoms with van der Waals surface area (Å²) in [5, 5.41) is 0. The SMILES string of the molecule is COc1ccccc1C(=O)COC(=O)c1ccc(OC)c(OC)c1OC. The van der Waals surface area contributed by atoms with Crippen molar-refractivity contribution < 1.29 is 33.3 Å². The molecule has 0 fully saturated rings. The molecule has 0 bridgehead atoms. The fourth-order valence-corrected chi connectivity index (χ4v) is 2.42. The molecule has 0 radical (unpaired) electrons. The first kappa shape index (κ1) is 19.1. The van der Waals surface area contributed by atoms with Gasteiger partial charge in [0.25, 0.3) is 0 Å². The number of rotatable bonds is 8. The molecule has 0 aliphatic rings. The highest BCUT2D eigenvalue weighted by Crippen LogP contribution is 2.39. The quantitative estimate of drug-likeness (QED) is 0.529. The monoisotopic (exact) mass is 360 g/mol. The van der Waals surface area contributed by atoms with Crippen LogP contribution in [0.15, 0.2) is 36.4 Å².